The summed E-state index contributed by atoms with van der Waals surface area (Å²) in [4.78, 5) is 13.7. The number of benzene rings is 1. The van der Waals surface area contributed by atoms with E-state index in [0.717, 1.165) is 18.4 Å². The molecule has 0 aliphatic carbocycles. The van der Waals surface area contributed by atoms with Crippen LogP contribution in [-0.2, 0) is 0 Å². The van der Waals surface area contributed by atoms with Crippen molar-refractivity contribution in [3.05, 3.63) is 51.7 Å². The molecule has 3 N–H and O–H groups in total. The molecule has 0 bridgehead atoms. The highest BCUT2D eigenvalue weighted by atomic mass is 32.1. The Bertz CT molecular complexity index is 558. The van der Waals surface area contributed by atoms with Gasteiger partial charge in [-0.1, -0.05) is 31.5 Å². The van der Waals surface area contributed by atoms with E-state index in [-0.39, 0.29) is 11.9 Å². The van der Waals surface area contributed by atoms with E-state index in [0.29, 0.717) is 11.3 Å². The molecule has 3 nitrogen and oxygen atoms in total. The molecule has 0 aliphatic heterocycles. The lowest BCUT2D eigenvalue weighted by atomic mass is 10.0. The van der Waals surface area contributed by atoms with Crippen LogP contribution >= 0.6 is 11.3 Å². The summed E-state index contributed by atoms with van der Waals surface area (Å²) in [5, 5.41) is 5.14. The Morgan fingerprint density at radius 1 is 1.35 bits per heavy atom. The Labute approximate surface area is 123 Å². The Morgan fingerprint density at radius 2 is 2.15 bits per heavy atom. The van der Waals surface area contributed by atoms with Crippen molar-refractivity contribution >= 4 is 22.9 Å². The molecular weight excluding hydrogens is 268 g/mol. The van der Waals surface area contributed by atoms with E-state index in [1.165, 1.54) is 4.88 Å². The van der Waals surface area contributed by atoms with Crippen molar-refractivity contribution in [3.63, 3.8) is 0 Å². The third kappa shape index (κ3) is 3.20. The zero-order chi connectivity index (χ0) is 14.5. The highest BCUT2D eigenvalue weighted by Gasteiger charge is 2.18. The van der Waals surface area contributed by atoms with Gasteiger partial charge < -0.3 is 11.1 Å². The van der Waals surface area contributed by atoms with Gasteiger partial charge in [-0.25, -0.2) is 0 Å². The van der Waals surface area contributed by atoms with E-state index >= 15 is 0 Å². The fourth-order valence-electron chi connectivity index (χ4n) is 2.29. The first kappa shape index (κ1) is 14.6. The summed E-state index contributed by atoms with van der Waals surface area (Å²) >= 11 is 1.67. The van der Waals surface area contributed by atoms with Gasteiger partial charge in [-0.15, -0.1) is 11.3 Å². The highest BCUT2D eigenvalue weighted by molar-refractivity contribution is 7.10. The third-order valence-corrected chi connectivity index (χ3v) is 4.29. The Balaban J connectivity index is 2.21. The lowest BCUT2D eigenvalue weighted by Crippen LogP contribution is -2.29. The van der Waals surface area contributed by atoms with Crippen molar-refractivity contribution in [1.29, 1.82) is 0 Å². The second-order valence-electron chi connectivity index (χ2n) is 4.87. The molecule has 20 heavy (non-hydrogen) atoms. The second kappa shape index (κ2) is 6.57. The summed E-state index contributed by atoms with van der Waals surface area (Å²) in [6, 6.07) is 9.67. The zero-order valence-electron chi connectivity index (χ0n) is 11.8. The molecule has 2 rings (SSSR count). The van der Waals surface area contributed by atoms with Crippen LogP contribution < -0.4 is 11.1 Å². The summed E-state index contributed by atoms with van der Waals surface area (Å²) in [6.07, 6.45) is 1.95. The third-order valence-electron chi connectivity index (χ3n) is 3.30. The van der Waals surface area contributed by atoms with Crippen LogP contribution in [0.15, 0.2) is 35.7 Å². The normalized spacial score (nSPS) is 12.1. The molecule has 1 aromatic heterocycles. The van der Waals surface area contributed by atoms with Crippen molar-refractivity contribution in [2.45, 2.75) is 32.7 Å². The number of rotatable bonds is 5. The van der Waals surface area contributed by atoms with Crippen LogP contribution in [0.2, 0.25) is 0 Å². The maximum atomic E-state index is 12.5. The lowest BCUT2D eigenvalue weighted by Gasteiger charge is -2.18. The molecular formula is C16H20N2OS. The number of nitrogens with two attached hydrogens (primary N) is 1. The number of aryl methyl sites for hydroxylation is 1. The number of thiophene rings is 1. The van der Waals surface area contributed by atoms with Gasteiger partial charge in [0.15, 0.2) is 0 Å². The SMILES string of the molecule is CCCC(NC(=O)c1c(C)cccc1N)c1cccs1. The van der Waals surface area contributed by atoms with Crippen LogP contribution in [0.4, 0.5) is 5.69 Å². The van der Waals surface area contributed by atoms with E-state index in [2.05, 4.69) is 18.3 Å². The number of anilines is 1. The predicted molar refractivity (Wildman–Crippen MR) is 85.0 cm³/mol. The van der Waals surface area contributed by atoms with Gasteiger partial charge in [0.25, 0.3) is 5.91 Å². The molecule has 0 saturated heterocycles. The average Bonchev–Trinajstić information content (AvgIpc) is 2.91. The summed E-state index contributed by atoms with van der Waals surface area (Å²) in [5.74, 6) is -0.0903. The Kier molecular flexibility index (Phi) is 4.79. The monoisotopic (exact) mass is 288 g/mol. The van der Waals surface area contributed by atoms with E-state index in [4.69, 9.17) is 5.73 Å². The van der Waals surface area contributed by atoms with Gasteiger partial charge in [-0.3, -0.25) is 4.79 Å². The molecule has 1 atom stereocenters. The average molecular weight is 288 g/mol. The van der Waals surface area contributed by atoms with Crippen LogP contribution in [0.3, 0.4) is 0 Å². The molecule has 4 heteroatoms. The van der Waals surface area contributed by atoms with Gasteiger partial charge in [0.1, 0.15) is 0 Å². The molecule has 1 aromatic carbocycles. The predicted octanol–water partition coefficient (Wildman–Crippen LogP) is 3.91. The number of hydrogen-bond donors (Lipinski definition) is 2. The van der Waals surface area contributed by atoms with Gasteiger partial charge in [-0.05, 0) is 36.4 Å². The van der Waals surface area contributed by atoms with E-state index < -0.39 is 0 Å². The molecule has 1 amide bonds. The second-order valence-corrected chi connectivity index (χ2v) is 5.85. The fraction of sp³-hybridized carbons (Fsp3) is 0.312. The largest absolute Gasteiger partial charge is 0.398 e. The van der Waals surface area contributed by atoms with Crippen molar-refractivity contribution in [2.75, 3.05) is 5.73 Å². The van der Waals surface area contributed by atoms with E-state index in [1.54, 1.807) is 17.4 Å². The van der Waals surface area contributed by atoms with Gasteiger partial charge in [0.05, 0.1) is 11.6 Å². The van der Waals surface area contributed by atoms with Gasteiger partial charge >= 0.3 is 0 Å². The van der Waals surface area contributed by atoms with Gasteiger partial charge in [0.2, 0.25) is 0 Å². The van der Waals surface area contributed by atoms with Gasteiger partial charge in [-0.2, -0.15) is 0 Å². The Morgan fingerprint density at radius 3 is 2.75 bits per heavy atom. The number of nitrogen functional groups attached to an aromatic ring is 1. The Hall–Kier alpha value is -1.81. The molecule has 1 unspecified atom stereocenters. The number of carbonyl (C=O) groups excluding carboxylic acids is 1. The van der Waals surface area contributed by atoms with Crippen LogP contribution in [0.25, 0.3) is 0 Å². The van der Waals surface area contributed by atoms with Crippen molar-refractivity contribution in [3.8, 4) is 0 Å². The molecule has 0 radical (unpaired) electrons. The minimum Gasteiger partial charge on any atom is -0.398 e. The van der Waals surface area contributed by atoms with E-state index in [9.17, 15) is 4.79 Å². The summed E-state index contributed by atoms with van der Waals surface area (Å²) < 4.78 is 0. The van der Waals surface area contributed by atoms with Crippen molar-refractivity contribution in [1.82, 2.24) is 5.32 Å². The van der Waals surface area contributed by atoms with Crippen LogP contribution in [0.5, 0.6) is 0 Å². The molecule has 0 aliphatic rings. The topological polar surface area (TPSA) is 55.1 Å². The number of nitrogens with one attached hydrogen (secondary N) is 1. The molecule has 0 spiro atoms. The summed E-state index contributed by atoms with van der Waals surface area (Å²) in [5.41, 5.74) is 7.96. The lowest BCUT2D eigenvalue weighted by molar-refractivity contribution is 0.0935. The fourth-order valence-corrected chi connectivity index (χ4v) is 3.11. The van der Waals surface area contributed by atoms with Crippen molar-refractivity contribution in [2.24, 2.45) is 0 Å². The van der Waals surface area contributed by atoms with Crippen LogP contribution in [-0.4, -0.2) is 5.91 Å². The maximum Gasteiger partial charge on any atom is 0.254 e. The number of amides is 1. The van der Waals surface area contributed by atoms with Crippen LogP contribution in [0, 0.1) is 6.92 Å². The molecule has 0 saturated carbocycles. The van der Waals surface area contributed by atoms with Gasteiger partial charge in [0, 0.05) is 10.6 Å². The molecule has 2 aromatic rings. The quantitative estimate of drug-likeness (QED) is 0.820. The first-order valence-electron chi connectivity index (χ1n) is 6.82. The maximum absolute atomic E-state index is 12.5. The van der Waals surface area contributed by atoms with Crippen LogP contribution in [0.1, 0.15) is 46.6 Å². The molecule has 0 fully saturated rings. The minimum atomic E-state index is -0.0903. The number of carbonyl (C=O) groups is 1. The number of hydrogen-bond acceptors (Lipinski definition) is 3. The molecule has 1 heterocycles. The molecule has 106 valence electrons. The standard InChI is InChI=1S/C16H20N2OS/c1-3-6-13(14-9-5-10-20-14)18-16(19)15-11(2)7-4-8-12(15)17/h4-5,7-10,13H,3,6,17H2,1-2H3,(H,18,19). The highest BCUT2D eigenvalue weighted by Crippen LogP contribution is 2.25. The first-order valence-corrected chi connectivity index (χ1v) is 7.70. The smallest absolute Gasteiger partial charge is 0.254 e. The van der Waals surface area contributed by atoms with Crippen molar-refractivity contribution < 1.29 is 4.79 Å². The first-order chi connectivity index (χ1) is 9.63. The zero-order valence-corrected chi connectivity index (χ0v) is 12.7. The minimum absolute atomic E-state index is 0.0616. The van der Waals surface area contributed by atoms with E-state index in [1.807, 2.05) is 30.5 Å². The summed E-state index contributed by atoms with van der Waals surface area (Å²) in [7, 11) is 0. The summed E-state index contributed by atoms with van der Waals surface area (Å²) in [6.45, 7) is 4.03.